The molecule has 0 atom stereocenters. The average Bonchev–Trinajstić information content (AvgIpc) is 3.25. The monoisotopic (exact) mass is 296 g/mol. The number of rotatable bonds is 3. The first kappa shape index (κ1) is 12.8. The maximum Gasteiger partial charge on any atom is 0.339 e. The normalized spacial score (nSPS) is 14.4. The van der Waals surface area contributed by atoms with Crippen LogP contribution in [0, 0.1) is 0 Å². The van der Waals surface area contributed by atoms with E-state index in [2.05, 4.69) is 10.1 Å². The van der Waals surface area contributed by atoms with Crippen molar-refractivity contribution in [1.82, 2.24) is 19.2 Å². The molecule has 3 heterocycles. The van der Waals surface area contributed by atoms with E-state index in [9.17, 15) is 14.7 Å². The van der Waals surface area contributed by atoms with Gasteiger partial charge in [-0.15, -0.1) is 0 Å². The minimum absolute atomic E-state index is 0.189. The molecule has 0 bridgehead atoms. The van der Waals surface area contributed by atoms with Gasteiger partial charge in [0.1, 0.15) is 11.3 Å². The zero-order valence-corrected chi connectivity index (χ0v) is 11.5. The number of hydrogen-bond acceptors (Lipinski definition) is 4. The minimum atomic E-state index is -0.987. The molecule has 0 aromatic carbocycles. The third-order valence-electron chi connectivity index (χ3n) is 3.83. The van der Waals surface area contributed by atoms with Crippen LogP contribution in [0.4, 0.5) is 0 Å². The Hall–Kier alpha value is -2.96. The molecule has 1 aliphatic rings. The number of aromatic nitrogens is 4. The molecule has 1 saturated carbocycles. The molecular formula is C15H12N4O3. The summed E-state index contributed by atoms with van der Waals surface area (Å²) in [6, 6.07) is 4.89. The Kier molecular flexibility index (Phi) is 2.62. The molecule has 3 aromatic rings. The summed E-state index contributed by atoms with van der Waals surface area (Å²) in [5, 5.41) is 13.6. The molecule has 22 heavy (non-hydrogen) atoms. The number of aromatic carboxylic acids is 1. The molecule has 7 nitrogen and oxygen atoms in total. The van der Waals surface area contributed by atoms with E-state index in [1.807, 2.05) is 0 Å². The highest BCUT2D eigenvalue weighted by atomic mass is 16.4. The van der Waals surface area contributed by atoms with E-state index in [4.69, 9.17) is 0 Å². The van der Waals surface area contributed by atoms with Crippen LogP contribution in [0.2, 0.25) is 0 Å². The van der Waals surface area contributed by atoms with Crippen LogP contribution >= 0.6 is 0 Å². The van der Waals surface area contributed by atoms with E-state index < -0.39 is 5.97 Å². The van der Waals surface area contributed by atoms with Gasteiger partial charge in [0.05, 0.1) is 11.9 Å². The summed E-state index contributed by atoms with van der Waals surface area (Å²) in [7, 11) is 0. The van der Waals surface area contributed by atoms with Crippen LogP contribution in [0.5, 0.6) is 0 Å². The summed E-state index contributed by atoms with van der Waals surface area (Å²) >= 11 is 0. The molecule has 4 rings (SSSR count). The van der Waals surface area contributed by atoms with Gasteiger partial charge in [-0.1, -0.05) is 0 Å². The van der Waals surface area contributed by atoms with Crippen LogP contribution in [-0.2, 0) is 0 Å². The van der Waals surface area contributed by atoms with Crippen molar-refractivity contribution in [3.63, 3.8) is 0 Å². The third kappa shape index (κ3) is 1.82. The van der Waals surface area contributed by atoms with Crippen LogP contribution in [0.3, 0.4) is 0 Å². The summed E-state index contributed by atoms with van der Waals surface area (Å²) in [5.74, 6) is -0.789. The molecule has 0 unspecified atom stereocenters. The number of carbonyl (C=O) groups is 1. The summed E-state index contributed by atoms with van der Waals surface area (Å²) in [6.07, 6.45) is 6.33. The molecule has 7 heteroatoms. The molecular weight excluding hydrogens is 284 g/mol. The van der Waals surface area contributed by atoms with Gasteiger partial charge in [0.2, 0.25) is 0 Å². The maximum atomic E-state index is 11.9. The van der Waals surface area contributed by atoms with Crippen molar-refractivity contribution in [1.29, 1.82) is 0 Å². The van der Waals surface area contributed by atoms with E-state index in [0.717, 1.165) is 12.8 Å². The smallest absolute Gasteiger partial charge is 0.339 e. The Bertz CT molecular complexity index is 953. The Labute approximate surface area is 124 Å². The van der Waals surface area contributed by atoms with Gasteiger partial charge in [-0.2, -0.15) is 5.10 Å². The molecule has 1 aliphatic carbocycles. The van der Waals surface area contributed by atoms with Crippen molar-refractivity contribution < 1.29 is 9.90 Å². The number of hydrogen-bond donors (Lipinski definition) is 1. The lowest BCUT2D eigenvalue weighted by Gasteiger charge is -2.10. The Balaban J connectivity index is 2.03. The zero-order chi connectivity index (χ0) is 15.3. The fourth-order valence-electron chi connectivity index (χ4n) is 2.68. The molecule has 3 aromatic heterocycles. The van der Waals surface area contributed by atoms with Crippen molar-refractivity contribution in [2.45, 2.75) is 18.8 Å². The van der Waals surface area contributed by atoms with E-state index in [1.54, 1.807) is 23.0 Å². The Morgan fingerprint density at radius 1 is 1.32 bits per heavy atom. The van der Waals surface area contributed by atoms with E-state index in [1.165, 1.54) is 22.9 Å². The molecule has 0 radical (unpaired) electrons. The summed E-state index contributed by atoms with van der Waals surface area (Å²) in [4.78, 5) is 27.5. The SMILES string of the molecule is O=C(O)c1cnn(-c2cccn3c(=O)ccnc23)c1C1CC1. The molecule has 0 saturated heterocycles. The van der Waals surface area contributed by atoms with Crippen molar-refractivity contribution >= 4 is 11.6 Å². The van der Waals surface area contributed by atoms with Gasteiger partial charge in [0.15, 0.2) is 5.65 Å². The van der Waals surface area contributed by atoms with Crippen molar-refractivity contribution in [2.24, 2.45) is 0 Å². The van der Waals surface area contributed by atoms with Crippen LogP contribution in [-0.4, -0.2) is 30.2 Å². The first-order chi connectivity index (χ1) is 10.7. The highest BCUT2D eigenvalue weighted by Crippen LogP contribution is 2.42. The van der Waals surface area contributed by atoms with Crippen molar-refractivity contribution in [2.75, 3.05) is 0 Å². The van der Waals surface area contributed by atoms with Crippen molar-refractivity contribution in [3.8, 4) is 5.69 Å². The number of fused-ring (bicyclic) bond motifs is 1. The molecule has 1 fully saturated rings. The lowest BCUT2D eigenvalue weighted by Crippen LogP contribution is -2.15. The molecule has 0 aliphatic heterocycles. The van der Waals surface area contributed by atoms with Crippen LogP contribution in [0.25, 0.3) is 11.3 Å². The second-order valence-electron chi connectivity index (χ2n) is 5.30. The van der Waals surface area contributed by atoms with Gasteiger partial charge < -0.3 is 5.11 Å². The van der Waals surface area contributed by atoms with Crippen molar-refractivity contribution in [3.05, 3.63) is 58.4 Å². The van der Waals surface area contributed by atoms with E-state index >= 15 is 0 Å². The lowest BCUT2D eigenvalue weighted by molar-refractivity contribution is 0.0695. The van der Waals surface area contributed by atoms with Gasteiger partial charge >= 0.3 is 5.97 Å². The second-order valence-corrected chi connectivity index (χ2v) is 5.30. The first-order valence-electron chi connectivity index (χ1n) is 6.95. The zero-order valence-electron chi connectivity index (χ0n) is 11.5. The van der Waals surface area contributed by atoms with Crippen LogP contribution < -0.4 is 5.56 Å². The van der Waals surface area contributed by atoms with Gasteiger partial charge in [-0.3, -0.25) is 9.20 Å². The topological polar surface area (TPSA) is 89.5 Å². The fraction of sp³-hybridized carbons (Fsp3) is 0.200. The van der Waals surface area contributed by atoms with E-state index in [-0.39, 0.29) is 17.0 Å². The minimum Gasteiger partial charge on any atom is -0.478 e. The number of carboxylic acid groups (broad SMARTS) is 1. The lowest BCUT2D eigenvalue weighted by atomic mass is 10.1. The summed E-state index contributed by atoms with van der Waals surface area (Å²) in [6.45, 7) is 0. The molecule has 0 spiro atoms. The molecule has 0 amide bonds. The number of carboxylic acids is 1. The standard InChI is InChI=1S/C15H12N4O3/c20-12-5-6-16-14-11(2-1-7-18(12)14)19-13(9-3-4-9)10(8-17-19)15(21)22/h1-2,5-9H,3-4H2,(H,21,22). The van der Waals surface area contributed by atoms with Crippen LogP contribution in [0.15, 0.2) is 41.6 Å². The summed E-state index contributed by atoms with van der Waals surface area (Å²) in [5.41, 5.74) is 1.76. The highest BCUT2D eigenvalue weighted by Gasteiger charge is 2.33. The Morgan fingerprint density at radius 2 is 2.14 bits per heavy atom. The molecule has 110 valence electrons. The van der Waals surface area contributed by atoms with E-state index in [0.29, 0.717) is 17.0 Å². The largest absolute Gasteiger partial charge is 0.478 e. The summed E-state index contributed by atoms with van der Waals surface area (Å²) < 4.78 is 3.02. The predicted octanol–water partition coefficient (Wildman–Crippen LogP) is 1.46. The fourth-order valence-corrected chi connectivity index (χ4v) is 2.68. The second kappa shape index (κ2) is 4.52. The average molecular weight is 296 g/mol. The van der Waals surface area contributed by atoms with Crippen LogP contribution in [0.1, 0.15) is 34.8 Å². The Morgan fingerprint density at radius 3 is 2.86 bits per heavy atom. The van der Waals surface area contributed by atoms with Gasteiger partial charge in [-0.05, 0) is 25.0 Å². The highest BCUT2D eigenvalue weighted by molar-refractivity contribution is 5.89. The van der Waals surface area contributed by atoms with Gasteiger partial charge in [0.25, 0.3) is 5.56 Å². The maximum absolute atomic E-state index is 11.9. The number of pyridine rings is 1. The third-order valence-corrected chi connectivity index (χ3v) is 3.83. The molecule has 1 N–H and O–H groups in total. The predicted molar refractivity (Wildman–Crippen MR) is 77.5 cm³/mol. The number of nitrogens with zero attached hydrogens (tertiary/aromatic N) is 4. The van der Waals surface area contributed by atoms with Gasteiger partial charge in [-0.25, -0.2) is 14.5 Å². The van der Waals surface area contributed by atoms with Gasteiger partial charge in [0, 0.05) is 24.4 Å². The first-order valence-corrected chi connectivity index (χ1v) is 6.95. The quantitative estimate of drug-likeness (QED) is 0.790.